The molecule has 3 aromatic heterocycles. The van der Waals surface area contributed by atoms with Crippen molar-refractivity contribution in [1.29, 1.82) is 0 Å². The number of rotatable bonds is 1. The lowest BCUT2D eigenvalue weighted by molar-refractivity contribution is 0.596. The van der Waals surface area contributed by atoms with Crippen LogP contribution in [0, 0.1) is 6.92 Å². The summed E-state index contributed by atoms with van der Waals surface area (Å²) in [5.74, 6) is 0. The first kappa shape index (κ1) is 18.5. The lowest BCUT2D eigenvalue weighted by Crippen LogP contribution is -2.12. The number of fused-ring (bicyclic) bond motifs is 6. The molecule has 0 radical (unpaired) electrons. The summed E-state index contributed by atoms with van der Waals surface area (Å²) >= 11 is 1.75. The normalized spacial score (nSPS) is 12.5. The smallest absolute Gasteiger partial charge is 0.231 e. The van der Waals surface area contributed by atoms with E-state index in [2.05, 4.69) is 86.6 Å². The predicted molar refractivity (Wildman–Crippen MR) is 131 cm³/mol. The molecule has 3 nitrogen and oxygen atoms in total. The van der Waals surface area contributed by atoms with E-state index in [-0.39, 0.29) is 5.41 Å². The highest BCUT2D eigenvalue weighted by Crippen LogP contribution is 2.41. The van der Waals surface area contributed by atoms with Gasteiger partial charge in [-0.15, -0.1) is 11.3 Å². The lowest BCUT2D eigenvalue weighted by Gasteiger charge is -2.22. The van der Waals surface area contributed by atoms with Crippen molar-refractivity contribution in [1.82, 2.24) is 9.97 Å². The molecule has 0 bridgehead atoms. The number of aryl methyl sites for hydroxylation is 1. The van der Waals surface area contributed by atoms with Gasteiger partial charge in [0.2, 0.25) is 5.71 Å². The molecule has 0 aliphatic rings. The third-order valence-corrected chi connectivity index (χ3v) is 7.17. The lowest BCUT2D eigenvalue weighted by atomic mass is 9.82. The highest BCUT2D eigenvalue weighted by Gasteiger charge is 2.22. The maximum Gasteiger partial charge on any atom is 0.231 e. The van der Waals surface area contributed by atoms with E-state index in [0.717, 1.165) is 27.6 Å². The van der Waals surface area contributed by atoms with Crippen LogP contribution >= 0.6 is 11.3 Å². The molecule has 0 aliphatic carbocycles. The number of thiophene rings is 1. The molecule has 0 N–H and O–H groups in total. The minimum absolute atomic E-state index is 0.0141. The standard InChI is InChI=1S/C27H22N2OS/c1-15-13-31-21-10-9-19-23-24(28-14-29-26(23)30-25(19)22(15)21)17-11-16-7-5-6-8-18(16)20(12-17)27(2,3)4/h5-14H,1-4H3. The van der Waals surface area contributed by atoms with E-state index in [4.69, 9.17) is 9.40 Å². The molecule has 6 aromatic rings. The maximum atomic E-state index is 6.31. The van der Waals surface area contributed by atoms with Crippen molar-refractivity contribution in [2.45, 2.75) is 33.1 Å². The van der Waals surface area contributed by atoms with Crippen molar-refractivity contribution in [3.8, 4) is 11.3 Å². The molecule has 4 heteroatoms. The molecule has 152 valence electrons. The van der Waals surface area contributed by atoms with Crippen LogP contribution in [-0.2, 0) is 5.41 Å². The number of furan rings is 1. The molecule has 0 atom stereocenters. The highest BCUT2D eigenvalue weighted by atomic mass is 32.1. The molecule has 3 aromatic carbocycles. The molecule has 0 fully saturated rings. The number of aromatic nitrogens is 2. The second kappa shape index (κ2) is 6.38. The van der Waals surface area contributed by atoms with Crippen LogP contribution in [0.25, 0.3) is 54.2 Å². The van der Waals surface area contributed by atoms with Crippen LogP contribution in [0.1, 0.15) is 31.9 Å². The first-order valence-corrected chi connectivity index (χ1v) is 11.4. The zero-order valence-corrected chi connectivity index (χ0v) is 18.8. The van der Waals surface area contributed by atoms with Gasteiger partial charge in [0.15, 0.2) is 0 Å². The van der Waals surface area contributed by atoms with Gasteiger partial charge in [0, 0.05) is 21.0 Å². The fourth-order valence-electron chi connectivity index (χ4n) is 4.62. The molecule has 0 saturated carbocycles. The van der Waals surface area contributed by atoms with Gasteiger partial charge in [-0.05, 0) is 63.9 Å². The van der Waals surface area contributed by atoms with E-state index < -0.39 is 0 Å². The molecule has 0 aliphatic heterocycles. The predicted octanol–water partition coefficient (Wildman–Crippen LogP) is 8.02. The summed E-state index contributed by atoms with van der Waals surface area (Å²) in [6.45, 7) is 8.92. The third-order valence-electron chi connectivity index (χ3n) is 6.10. The fourth-order valence-corrected chi connectivity index (χ4v) is 5.56. The fraction of sp³-hybridized carbons (Fsp3) is 0.185. The molecule has 0 amide bonds. The van der Waals surface area contributed by atoms with Crippen LogP contribution in [0.15, 0.2) is 64.7 Å². The Hall–Kier alpha value is -3.24. The summed E-state index contributed by atoms with van der Waals surface area (Å²) in [6.07, 6.45) is 1.61. The average molecular weight is 423 g/mol. The Kier molecular flexibility index (Phi) is 3.81. The molecule has 6 rings (SSSR count). The van der Waals surface area contributed by atoms with Gasteiger partial charge in [-0.25, -0.2) is 9.97 Å². The van der Waals surface area contributed by atoms with E-state index in [9.17, 15) is 0 Å². The summed E-state index contributed by atoms with van der Waals surface area (Å²) in [4.78, 5) is 9.24. The van der Waals surface area contributed by atoms with Crippen LogP contribution in [-0.4, -0.2) is 9.97 Å². The van der Waals surface area contributed by atoms with Gasteiger partial charge in [0.1, 0.15) is 11.9 Å². The minimum Gasteiger partial charge on any atom is -0.437 e. The van der Waals surface area contributed by atoms with Crippen molar-refractivity contribution in [3.63, 3.8) is 0 Å². The van der Waals surface area contributed by atoms with E-state index in [1.54, 1.807) is 17.7 Å². The Labute approximate surface area is 184 Å². The monoisotopic (exact) mass is 422 g/mol. The van der Waals surface area contributed by atoms with Crippen LogP contribution in [0.5, 0.6) is 0 Å². The number of benzene rings is 3. The van der Waals surface area contributed by atoms with Gasteiger partial charge < -0.3 is 4.42 Å². The number of hydrogen-bond donors (Lipinski definition) is 0. The van der Waals surface area contributed by atoms with Gasteiger partial charge in [-0.1, -0.05) is 45.0 Å². The van der Waals surface area contributed by atoms with Gasteiger partial charge in [-0.3, -0.25) is 0 Å². The summed E-state index contributed by atoms with van der Waals surface area (Å²) in [5.41, 5.74) is 6.14. The second-order valence-corrected chi connectivity index (χ2v) is 10.1. The summed E-state index contributed by atoms with van der Waals surface area (Å²) in [7, 11) is 0. The summed E-state index contributed by atoms with van der Waals surface area (Å²) in [5, 5.41) is 7.94. The van der Waals surface area contributed by atoms with Gasteiger partial charge in [-0.2, -0.15) is 0 Å². The van der Waals surface area contributed by atoms with E-state index >= 15 is 0 Å². The second-order valence-electron chi connectivity index (χ2n) is 9.23. The number of nitrogens with zero attached hydrogens (tertiary/aromatic N) is 2. The van der Waals surface area contributed by atoms with Crippen molar-refractivity contribution in [3.05, 3.63) is 71.4 Å². The van der Waals surface area contributed by atoms with Crippen molar-refractivity contribution in [2.24, 2.45) is 0 Å². The highest BCUT2D eigenvalue weighted by molar-refractivity contribution is 7.17. The summed E-state index contributed by atoms with van der Waals surface area (Å²) < 4.78 is 7.54. The van der Waals surface area contributed by atoms with E-state index in [1.165, 1.54) is 32.0 Å². The van der Waals surface area contributed by atoms with Crippen molar-refractivity contribution in [2.75, 3.05) is 0 Å². The van der Waals surface area contributed by atoms with Crippen molar-refractivity contribution >= 4 is 54.3 Å². The van der Waals surface area contributed by atoms with E-state index in [0.29, 0.717) is 5.71 Å². The molecule has 0 saturated heterocycles. The Morgan fingerprint density at radius 3 is 2.58 bits per heavy atom. The average Bonchev–Trinajstić information content (AvgIpc) is 3.32. The Morgan fingerprint density at radius 2 is 1.74 bits per heavy atom. The zero-order chi connectivity index (χ0) is 21.3. The summed E-state index contributed by atoms with van der Waals surface area (Å²) in [6, 6.07) is 17.4. The minimum atomic E-state index is 0.0141. The van der Waals surface area contributed by atoms with Gasteiger partial charge in [0.25, 0.3) is 0 Å². The Balaban J connectivity index is 1.73. The first-order valence-electron chi connectivity index (χ1n) is 10.5. The topological polar surface area (TPSA) is 38.9 Å². The quantitative estimate of drug-likeness (QED) is 0.269. The largest absolute Gasteiger partial charge is 0.437 e. The third kappa shape index (κ3) is 2.71. The van der Waals surface area contributed by atoms with E-state index in [1.807, 2.05) is 0 Å². The molecule has 31 heavy (non-hydrogen) atoms. The van der Waals surface area contributed by atoms with Gasteiger partial charge >= 0.3 is 0 Å². The molecular weight excluding hydrogens is 400 g/mol. The SMILES string of the molecule is Cc1csc2ccc3c(oc4ncnc(-c5cc(C(C)(C)C)c6ccccc6c5)c43)c12. The molecule has 3 heterocycles. The number of hydrogen-bond acceptors (Lipinski definition) is 4. The van der Waals surface area contributed by atoms with Crippen LogP contribution < -0.4 is 0 Å². The maximum absolute atomic E-state index is 6.31. The first-order chi connectivity index (χ1) is 14.9. The van der Waals surface area contributed by atoms with Gasteiger partial charge in [0.05, 0.1) is 11.1 Å². The molecule has 0 unspecified atom stereocenters. The van der Waals surface area contributed by atoms with Crippen LogP contribution in [0.3, 0.4) is 0 Å². The molecular formula is C27H22N2OS. The Bertz CT molecular complexity index is 1630. The Morgan fingerprint density at radius 1 is 0.903 bits per heavy atom. The molecule has 0 spiro atoms. The zero-order valence-electron chi connectivity index (χ0n) is 18.0. The van der Waals surface area contributed by atoms with Crippen molar-refractivity contribution < 1.29 is 4.42 Å². The van der Waals surface area contributed by atoms with Crippen LogP contribution in [0.4, 0.5) is 0 Å². The van der Waals surface area contributed by atoms with Crippen LogP contribution in [0.2, 0.25) is 0 Å².